The number of carboxylic acids is 2. The number of hydrogen-bond acceptors (Lipinski definition) is 19. The first kappa shape index (κ1) is 49.3. The molecule has 0 saturated heterocycles. The molecule has 7 rings (SSSR count). The maximum atomic E-state index is 11.9. The van der Waals surface area contributed by atoms with Crippen LogP contribution in [0.25, 0.3) is 16.8 Å². The van der Waals surface area contributed by atoms with Crippen molar-refractivity contribution >= 4 is 99.6 Å². The number of nitrogens with one attached hydrogen (secondary N) is 3. The van der Waals surface area contributed by atoms with Crippen molar-refractivity contribution in [2.75, 3.05) is 16.0 Å². The lowest BCUT2D eigenvalue weighted by Gasteiger charge is -2.16. The first-order chi connectivity index (χ1) is 33.7. The molecule has 0 aliphatic carbocycles. The van der Waals surface area contributed by atoms with Crippen LogP contribution in [0.5, 0.6) is 0 Å². The topological polar surface area (TPSA) is 388 Å². The van der Waals surface area contributed by atoms with E-state index in [0.717, 1.165) is 64.7 Å². The van der Waals surface area contributed by atoms with Crippen molar-refractivity contribution < 1.29 is 50.5 Å². The average Bonchev–Trinajstić information content (AvgIpc) is 3.91. The summed E-state index contributed by atoms with van der Waals surface area (Å²) in [4.78, 5) is 39.4. The highest BCUT2D eigenvalue weighted by molar-refractivity contribution is 7.86. The van der Waals surface area contributed by atoms with Crippen molar-refractivity contribution in [1.29, 1.82) is 15.8 Å². The van der Waals surface area contributed by atoms with Gasteiger partial charge in [0.25, 0.3) is 20.2 Å². The highest BCUT2D eigenvalue weighted by atomic mass is 32.2. The second-order valence-electron chi connectivity index (χ2n) is 14.5. The van der Waals surface area contributed by atoms with Crippen LogP contribution in [0.15, 0.2) is 127 Å². The van der Waals surface area contributed by atoms with Crippen LogP contribution < -0.4 is 16.0 Å². The molecule has 24 nitrogen and oxygen atoms in total. The second-order valence-corrected chi connectivity index (χ2v) is 18.4. The summed E-state index contributed by atoms with van der Waals surface area (Å²) in [5.41, 5.74) is 0.144. The number of thiophene rings is 1. The Morgan fingerprint density at radius 1 is 0.676 bits per heavy atom. The van der Waals surface area contributed by atoms with E-state index in [0.29, 0.717) is 11.3 Å². The van der Waals surface area contributed by atoms with Gasteiger partial charge in [-0.3, -0.25) is 13.9 Å². The zero-order chi connectivity index (χ0) is 51.4. The standard InChI is InChI=1S/C44H29N13O11S3/c1-22-34(19-46)38(50-29-7-11-32(12-8-29)70(63,64)65)52-39(51-30-9-13-33(14-10-30)71(66,67)68)37(22)53-55-41-35(20-47)36(24-3-5-28(6-4-24)49-23(2)58)42(69-41)56-54-40-27(18-45)21-48-57(40)31-16-25(43(59)60)15-26(17-31)44(61)62/h3-17,21H,1-2H3,(H,49,58)(H,59,60)(H,61,62)(H2,50,51,52)(H,63,64,65)(H,66,67,68). The van der Waals surface area contributed by atoms with Crippen molar-refractivity contribution in [2.45, 2.75) is 23.6 Å². The van der Waals surface area contributed by atoms with Gasteiger partial charge in [-0.15, -0.1) is 20.5 Å². The lowest BCUT2D eigenvalue weighted by atomic mass is 10.0. The number of carbonyl (C=O) groups is 3. The van der Waals surface area contributed by atoms with Crippen LogP contribution in [-0.4, -0.2) is 68.8 Å². The fourth-order valence-corrected chi connectivity index (χ4v) is 8.42. The van der Waals surface area contributed by atoms with Gasteiger partial charge in [0.1, 0.15) is 40.0 Å². The number of aromatic carboxylic acids is 2. The number of nitrogens with zero attached hydrogens (tertiary/aromatic N) is 10. The second kappa shape index (κ2) is 20.0. The van der Waals surface area contributed by atoms with Crippen LogP contribution in [0.2, 0.25) is 0 Å². The van der Waals surface area contributed by atoms with Gasteiger partial charge in [-0.1, -0.05) is 23.5 Å². The van der Waals surface area contributed by atoms with Crippen LogP contribution in [0.4, 0.5) is 50.2 Å². The molecule has 0 unspecified atom stereocenters. The van der Waals surface area contributed by atoms with Gasteiger partial charge in [0.05, 0.1) is 38.4 Å². The lowest BCUT2D eigenvalue weighted by Crippen LogP contribution is -2.06. The summed E-state index contributed by atoms with van der Waals surface area (Å²) in [6.07, 6.45) is 1.10. The number of rotatable bonds is 15. The molecule has 0 aliphatic rings. The zero-order valence-electron chi connectivity index (χ0n) is 36.1. The predicted molar refractivity (Wildman–Crippen MR) is 252 cm³/mol. The van der Waals surface area contributed by atoms with Crippen LogP contribution in [0, 0.1) is 40.9 Å². The molecule has 1 amide bonds. The Hall–Kier alpha value is -9.56. The van der Waals surface area contributed by atoms with Crippen LogP contribution in [0.3, 0.4) is 0 Å². The van der Waals surface area contributed by atoms with E-state index in [1.165, 1.54) is 38.1 Å². The largest absolute Gasteiger partial charge is 0.478 e. The van der Waals surface area contributed by atoms with Gasteiger partial charge in [0, 0.05) is 35.1 Å². The first-order valence-corrected chi connectivity index (χ1v) is 23.4. The van der Waals surface area contributed by atoms with E-state index in [2.05, 4.69) is 52.6 Å². The third-order valence-corrected chi connectivity index (χ3v) is 12.5. The van der Waals surface area contributed by atoms with Crippen molar-refractivity contribution in [3.63, 3.8) is 0 Å². The number of anilines is 5. The number of pyridine rings is 1. The van der Waals surface area contributed by atoms with Crippen LogP contribution in [0.1, 0.15) is 49.9 Å². The molecule has 0 fully saturated rings. The van der Waals surface area contributed by atoms with Crippen molar-refractivity contribution in [2.24, 2.45) is 20.5 Å². The molecule has 0 aliphatic heterocycles. The Labute approximate surface area is 404 Å². The normalized spacial score (nSPS) is 11.5. The van der Waals surface area contributed by atoms with E-state index in [4.69, 9.17) is 0 Å². The number of azo groups is 2. The van der Waals surface area contributed by atoms with E-state index < -0.39 is 53.1 Å². The number of hydrogen-bond donors (Lipinski definition) is 7. The van der Waals surface area contributed by atoms with Crippen LogP contribution >= 0.6 is 11.3 Å². The minimum atomic E-state index is -4.58. The minimum Gasteiger partial charge on any atom is -0.478 e. The number of carboxylic acid groups (broad SMARTS) is 2. The molecule has 0 bridgehead atoms. The van der Waals surface area contributed by atoms with Gasteiger partial charge in [0.2, 0.25) is 5.91 Å². The molecular formula is C44H29N13O11S3. The molecule has 3 aromatic heterocycles. The van der Waals surface area contributed by atoms with Gasteiger partial charge in [0.15, 0.2) is 22.5 Å². The Morgan fingerprint density at radius 2 is 1.20 bits per heavy atom. The highest BCUT2D eigenvalue weighted by Gasteiger charge is 2.24. The molecule has 4 aromatic carbocycles. The molecule has 0 saturated carbocycles. The van der Waals surface area contributed by atoms with E-state index in [9.17, 15) is 66.3 Å². The smallest absolute Gasteiger partial charge is 0.335 e. The number of nitriles is 3. The molecule has 27 heteroatoms. The molecule has 7 aromatic rings. The fourth-order valence-electron chi connectivity index (χ4n) is 6.54. The van der Waals surface area contributed by atoms with Gasteiger partial charge >= 0.3 is 11.9 Å². The summed E-state index contributed by atoms with van der Waals surface area (Å²) in [5.74, 6) is -3.69. The maximum Gasteiger partial charge on any atom is 0.335 e. The third kappa shape index (κ3) is 10.9. The summed E-state index contributed by atoms with van der Waals surface area (Å²) in [5, 5.41) is 80.6. The van der Waals surface area contributed by atoms with Gasteiger partial charge in [-0.05, 0) is 91.3 Å². The lowest BCUT2D eigenvalue weighted by molar-refractivity contribution is -0.114. The monoisotopic (exact) mass is 1010 g/mol. The van der Waals surface area contributed by atoms with E-state index in [-0.39, 0.29) is 83.9 Å². The summed E-state index contributed by atoms with van der Waals surface area (Å²) >= 11 is 0.786. The average molecular weight is 1010 g/mol. The van der Waals surface area contributed by atoms with Gasteiger partial charge in [-0.2, -0.15) is 37.7 Å². The quantitative estimate of drug-likeness (QED) is 0.0371. The zero-order valence-corrected chi connectivity index (χ0v) is 38.5. The Balaban J connectivity index is 1.39. The highest BCUT2D eigenvalue weighted by Crippen LogP contribution is 2.49. The van der Waals surface area contributed by atoms with Crippen molar-refractivity contribution in [3.8, 4) is 35.0 Å². The fraction of sp³-hybridized carbons (Fsp3) is 0.0455. The summed E-state index contributed by atoms with van der Waals surface area (Å²) in [6.45, 7) is 2.81. The SMILES string of the molecule is CC(=O)Nc1ccc(-c2c(N=Nc3c(C#N)cnn3-c3cc(C(=O)O)cc(C(=O)O)c3)sc(N=Nc3c(Nc4ccc(S(=O)(=O)O)cc4)nc(Nc4ccc(S(=O)(=O)O)cc4)c(C#N)c3C)c2C#N)cc1. The number of carbonyl (C=O) groups excluding carboxylic acids is 1. The predicted octanol–water partition coefficient (Wildman–Crippen LogP) is 9.09. The number of amides is 1. The molecule has 7 N–H and O–H groups in total. The van der Waals surface area contributed by atoms with Crippen molar-refractivity contribution in [1.82, 2.24) is 14.8 Å². The maximum absolute atomic E-state index is 11.9. The third-order valence-electron chi connectivity index (χ3n) is 9.83. The molecule has 0 radical (unpaired) electrons. The van der Waals surface area contributed by atoms with E-state index in [1.807, 2.05) is 12.1 Å². The molecular weight excluding hydrogens is 983 g/mol. The summed E-state index contributed by atoms with van der Waals surface area (Å²) < 4.78 is 66.9. The van der Waals surface area contributed by atoms with Gasteiger partial charge in [-0.25, -0.2) is 19.3 Å². The number of benzene rings is 4. The molecule has 3 heterocycles. The molecule has 71 heavy (non-hydrogen) atoms. The Morgan fingerprint density at radius 3 is 1.69 bits per heavy atom. The first-order valence-electron chi connectivity index (χ1n) is 19.7. The van der Waals surface area contributed by atoms with Crippen molar-refractivity contribution in [3.05, 3.63) is 131 Å². The molecule has 354 valence electrons. The molecule has 0 spiro atoms. The van der Waals surface area contributed by atoms with Gasteiger partial charge < -0.3 is 26.2 Å². The Bertz CT molecular complexity index is 3730. The molecule has 0 atom stereocenters. The van der Waals surface area contributed by atoms with E-state index in [1.54, 1.807) is 24.3 Å². The summed E-state index contributed by atoms with van der Waals surface area (Å²) in [6, 6.07) is 25.0. The minimum absolute atomic E-state index is 0.00525. The number of aromatic nitrogens is 3. The summed E-state index contributed by atoms with van der Waals surface area (Å²) in [7, 11) is -9.12. The van der Waals surface area contributed by atoms with E-state index >= 15 is 0 Å². The Kier molecular flexibility index (Phi) is 13.9. The van der Waals surface area contributed by atoms with Crippen LogP contribution in [-0.2, 0) is 25.0 Å².